The van der Waals surface area contributed by atoms with Gasteiger partial charge in [0.05, 0.1) is 26.8 Å². The molecule has 0 spiro atoms. The van der Waals surface area contributed by atoms with Crippen molar-refractivity contribution in [2.45, 2.75) is 6.92 Å². The van der Waals surface area contributed by atoms with Gasteiger partial charge in [-0.05, 0) is 36.8 Å². The van der Waals surface area contributed by atoms with Crippen molar-refractivity contribution in [3.05, 3.63) is 57.9 Å². The molecular formula is C20H20N2O5. The van der Waals surface area contributed by atoms with Gasteiger partial charge >= 0.3 is 0 Å². The Hall–Kier alpha value is -3.48. The first-order valence-corrected chi connectivity index (χ1v) is 8.22. The minimum absolute atomic E-state index is 0.187. The van der Waals surface area contributed by atoms with E-state index in [1.165, 1.54) is 27.4 Å². The number of hydrogen-bond donors (Lipinski definition) is 2. The number of carbonyl (C=O) groups is 1. The fraction of sp³-hybridized carbons (Fsp3) is 0.200. The van der Waals surface area contributed by atoms with E-state index in [-0.39, 0.29) is 11.5 Å². The molecule has 0 radical (unpaired) electrons. The Kier molecular flexibility index (Phi) is 5.03. The summed E-state index contributed by atoms with van der Waals surface area (Å²) in [6.45, 7) is 1.87. The van der Waals surface area contributed by atoms with Crippen LogP contribution >= 0.6 is 0 Å². The lowest BCUT2D eigenvalue weighted by Gasteiger charge is -2.14. The zero-order valence-corrected chi connectivity index (χ0v) is 15.5. The van der Waals surface area contributed by atoms with Crippen molar-refractivity contribution in [3.8, 4) is 17.2 Å². The summed E-state index contributed by atoms with van der Waals surface area (Å²) in [6.07, 6.45) is 0. The number of benzene rings is 2. The van der Waals surface area contributed by atoms with E-state index >= 15 is 0 Å². The van der Waals surface area contributed by atoms with Crippen LogP contribution in [0.15, 0.2) is 41.2 Å². The number of hydrogen-bond acceptors (Lipinski definition) is 5. The molecule has 0 aliphatic carbocycles. The van der Waals surface area contributed by atoms with Gasteiger partial charge in [0.1, 0.15) is 0 Å². The van der Waals surface area contributed by atoms with Crippen molar-refractivity contribution in [1.82, 2.24) is 4.98 Å². The van der Waals surface area contributed by atoms with Crippen LogP contribution in [0.5, 0.6) is 17.2 Å². The number of nitrogens with one attached hydrogen (secondary N) is 2. The number of fused-ring (bicyclic) bond motifs is 1. The first-order chi connectivity index (χ1) is 13.0. The molecule has 0 aliphatic heterocycles. The number of aryl methyl sites for hydroxylation is 1. The second kappa shape index (κ2) is 7.41. The Morgan fingerprint density at radius 3 is 2.22 bits per heavy atom. The first kappa shape index (κ1) is 18.3. The van der Waals surface area contributed by atoms with Gasteiger partial charge in [-0.15, -0.1) is 0 Å². The van der Waals surface area contributed by atoms with E-state index in [1.807, 2.05) is 13.0 Å². The van der Waals surface area contributed by atoms with Gasteiger partial charge < -0.3 is 24.5 Å². The predicted octanol–water partition coefficient (Wildman–Crippen LogP) is 3.11. The van der Waals surface area contributed by atoms with Crippen molar-refractivity contribution in [3.63, 3.8) is 0 Å². The molecule has 27 heavy (non-hydrogen) atoms. The largest absolute Gasteiger partial charge is 0.493 e. The molecule has 0 bridgehead atoms. The van der Waals surface area contributed by atoms with Gasteiger partial charge in [0, 0.05) is 22.7 Å². The molecule has 0 unspecified atom stereocenters. The molecule has 1 heterocycles. The van der Waals surface area contributed by atoms with E-state index in [1.54, 1.807) is 24.3 Å². The minimum atomic E-state index is -0.344. The van der Waals surface area contributed by atoms with Crippen LogP contribution in [0.25, 0.3) is 10.9 Å². The van der Waals surface area contributed by atoms with Gasteiger partial charge in [0.2, 0.25) is 11.3 Å². The second-order valence-electron chi connectivity index (χ2n) is 5.95. The Bertz CT molecular complexity index is 1050. The highest BCUT2D eigenvalue weighted by Gasteiger charge is 2.17. The summed E-state index contributed by atoms with van der Waals surface area (Å²) in [4.78, 5) is 27.1. The van der Waals surface area contributed by atoms with Gasteiger partial charge in [-0.25, -0.2) is 0 Å². The van der Waals surface area contributed by atoms with E-state index < -0.39 is 0 Å². The standard InChI is InChI=1S/C20H20N2O5/c1-11-7-18(23)22-15-10-13(5-6-14(11)15)21-20(24)12-8-16(25-2)19(27-4)17(9-12)26-3/h5-10H,1-4H3,(H,21,24)(H,22,23). The van der Waals surface area contributed by atoms with Gasteiger partial charge in [-0.3, -0.25) is 9.59 Å². The fourth-order valence-corrected chi connectivity index (χ4v) is 2.93. The van der Waals surface area contributed by atoms with E-state index in [9.17, 15) is 9.59 Å². The summed E-state index contributed by atoms with van der Waals surface area (Å²) in [5.41, 5.74) is 2.25. The Balaban J connectivity index is 1.95. The van der Waals surface area contributed by atoms with Gasteiger partial charge in [0.25, 0.3) is 5.91 Å². The Morgan fingerprint density at radius 2 is 1.63 bits per heavy atom. The third-order valence-electron chi connectivity index (χ3n) is 4.23. The van der Waals surface area contributed by atoms with Crippen molar-refractivity contribution >= 4 is 22.5 Å². The smallest absolute Gasteiger partial charge is 0.255 e. The maximum Gasteiger partial charge on any atom is 0.255 e. The first-order valence-electron chi connectivity index (χ1n) is 8.22. The summed E-state index contributed by atoms with van der Waals surface area (Å²) < 4.78 is 15.8. The molecule has 2 aromatic carbocycles. The van der Waals surface area contributed by atoms with Crippen molar-refractivity contribution in [2.24, 2.45) is 0 Å². The Morgan fingerprint density at radius 1 is 0.963 bits per heavy atom. The molecule has 0 saturated heterocycles. The maximum atomic E-state index is 12.7. The summed E-state index contributed by atoms with van der Waals surface area (Å²) in [5, 5.41) is 3.73. The van der Waals surface area contributed by atoms with Gasteiger partial charge in [-0.1, -0.05) is 6.07 Å². The van der Waals surface area contributed by atoms with Crippen LogP contribution in [0.3, 0.4) is 0 Å². The summed E-state index contributed by atoms with van der Waals surface area (Å²) >= 11 is 0. The number of pyridine rings is 1. The third-order valence-corrected chi connectivity index (χ3v) is 4.23. The van der Waals surface area contributed by atoms with Gasteiger partial charge in [0.15, 0.2) is 11.5 Å². The normalized spacial score (nSPS) is 10.5. The van der Waals surface area contributed by atoms with E-state index in [2.05, 4.69) is 10.3 Å². The van der Waals surface area contributed by atoms with Crippen LogP contribution in [0.4, 0.5) is 5.69 Å². The molecule has 0 saturated carbocycles. The number of anilines is 1. The fourth-order valence-electron chi connectivity index (χ4n) is 2.93. The van der Waals surface area contributed by atoms with Crippen LogP contribution in [-0.2, 0) is 0 Å². The van der Waals surface area contributed by atoms with Gasteiger partial charge in [-0.2, -0.15) is 0 Å². The topological polar surface area (TPSA) is 89.7 Å². The van der Waals surface area contributed by atoms with Crippen LogP contribution < -0.4 is 25.1 Å². The van der Waals surface area contributed by atoms with Crippen LogP contribution in [0.1, 0.15) is 15.9 Å². The quantitative estimate of drug-likeness (QED) is 0.722. The Labute approximate surface area is 155 Å². The number of amides is 1. The molecule has 2 N–H and O–H groups in total. The van der Waals surface area contributed by atoms with Crippen LogP contribution in [-0.4, -0.2) is 32.2 Å². The number of rotatable bonds is 5. The van der Waals surface area contributed by atoms with Crippen molar-refractivity contribution < 1.29 is 19.0 Å². The molecule has 3 rings (SSSR count). The van der Waals surface area contributed by atoms with Crippen LogP contribution in [0, 0.1) is 6.92 Å². The molecule has 7 nitrogen and oxygen atoms in total. The highest BCUT2D eigenvalue weighted by molar-refractivity contribution is 6.06. The highest BCUT2D eigenvalue weighted by Crippen LogP contribution is 2.38. The molecule has 3 aromatic rings. The zero-order valence-electron chi connectivity index (χ0n) is 15.5. The average Bonchev–Trinajstić information content (AvgIpc) is 2.66. The number of aromatic nitrogens is 1. The third kappa shape index (κ3) is 3.57. The molecule has 0 aliphatic rings. The maximum absolute atomic E-state index is 12.7. The SMILES string of the molecule is COc1cc(C(=O)Nc2ccc3c(C)cc(=O)[nH]c3c2)cc(OC)c1OC. The lowest BCUT2D eigenvalue weighted by atomic mass is 10.1. The van der Waals surface area contributed by atoms with Crippen LogP contribution in [0.2, 0.25) is 0 Å². The van der Waals surface area contributed by atoms with E-state index in [4.69, 9.17) is 14.2 Å². The second-order valence-corrected chi connectivity index (χ2v) is 5.95. The molecule has 140 valence electrons. The lowest BCUT2D eigenvalue weighted by molar-refractivity contribution is 0.102. The highest BCUT2D eigenvalue weighted by atomic mass is 16.5. The molecule has 1 amide bonds. The number of methoxy groups -OCH3 is 3. The number of aromatic amines is 1. The summed E-state index contributed by atoms with van der Waals surface area (Å²) in [7, 11) is 4.47. The molecule has 0 fully saturated rings. The number of H-pyrrole nitrogens is 1. The average molecular weight is 368 g/mol. The van der Waals surface area contributed by atoms with Crippen molar-refractivity contribution in [2.75, 3.05) is 26.6 Å². The monoisotopic (exact) mass is 368 g/mol. The summed E-state index contributed by atoms with van der Waals surface area (Å²) in [6, 6.07) is 10.0. The molecule has 7 heteroatoms. The molecular weight excluding hydrogens is 348 g/mol. The predicted molar refractivity (Wildman–Crippen MR) is 103 cm³/mol. The molecule has 0 atom stereocenters. The minimum Gasteiger partial charge on any atom is -0.493 e. The van der Waals surface area contributed by atoms with E-state index in [0.29, 0.717) is 34.0 Å². The number of ether oxygens (including phenoxy) is 3. The summed E-state index contributed by atoms with van der Waals surface area (Å²) in [5.74, 6) is 0.847. The zero-order chi connectivity index (χ0) is 19.6. The molecule has 1 aromatic heterocycles. The lowest BCUT2D eigenvalue weighted by Crippen LogP contribution is -2.13. The van der Waals surface area contributed by atoms with Crippen molar-refractivity contribution in [1.29, 1.82) is 0 Å². The van der Waals surface area contributed by atoms with E-state index in [0.717, 1.165) is 10.9 Å². The number of carbonyl (C=O) groups excluding carboxylic acids is 1.